The Hall–Kier alpha value is -3.17. The minimum absolute atomic E-state index is 0.0259. The Kier molecular flexibility index (Phi) is 5.55. The summed E-state index contributed by atoms with van der Waals surface area (Å²) in [6.07, 6.45) is 0.553. The van der Waals surface area contributed by atoms with Crippen molar-refractivity contribution in [3.05, 3.63) is 59.7 Å². The second-order valence-electron chi connectivity index (χ2n) is 7.65. The maximum absolute atomic E-state index is 13.3. The number of urea groups is 1. The maximum atomic E-state index is 13.3. The fourth-order valence-electron chi connectivity index (χ4n) is 3.58. The van der Waals surface area contributed by atoms with Crippen LogP contribution >= 0.6 is 0 Å². The minimum atomic E-state index is -4.07. The van der Waals surface area contributed by atoms with Gasteiger partial charge in [-0.05, 0) is 30.2 Å². The van der Waals surface area contributed by atoms with Crippen LogP contribution in [-0.4, -0.2) is 50.2 Å². The predicted octanol–water partition coefficient (Wildman–Crippen LogP) is 2.37. The smallest absolute Gasteiger partial charge is 0.311 e. The molecule has 160 valence electrons. The van der Waals surface area contributed by atoms with E-state index in [1.54, 1.807) is 47.4 Å². The number of hydrogen-bond donors (Lipinski definition) is 1. The Bertz CT molecular complexity index is 1220. The quantitative estimate of drug-likeness (QED) is 0.771. The molecule has 0 radical (unpaired) electrons. The lowest BCUT2D eigenvalue weighted by Crippen LogP contribution is -2.39. The van der Waals surface area contributed by atoms with Crippen LogP contribution in [0.3, 0.4) is 0 Å². The van der Waals surface area contributed by atoms with E-state index in [1.165, 1.54) is 6.07 Å². The van der Waals surface area contributed by atoms with Crippen LogP contribution in [0.1, 0.15) is 25.0 Å². The van der Waals surface area contributed by atoms with Crippen LogP contribution in [0.25, 0.3) is 0 Å². The molecule has 2 aromatic carbocycles. The SMILES string of the molecule is CC(C)NCC(=O)N1CCc2cc(S(=O)(=O)C3=NC(=O)N=C3c3ccccc3)ccc21. The van der Waals surface area contributed by atoms with Crippen molar-refractivity contribution in [2.75, 3.05) is 18.0 Å². The molecule has 2 heterocycles. The highest BCUT2D eigenvalue weighted by atomic mass is 32.2. The second-order valence-corrected chi connectivity index (χ2v) is 9.52. The summed E-state index contributed by atoms with van der Waals surface area (Å²) < 4.78 is 26.6. The average Bonchev–Trinajstić information content (AvgIpc) is 3.36. The van der Waals surface area contributed by atoms with Gasteiger partial charge in [-0.3, -0.25) is 4.79 Å². The van der Waals surface area contributed by atoms with Crippen LogP contribution < -0.4 is 10.2 Å². The first kappa shape index (κ1) is 21.1. The van der Waals surface area contributed by atoms with Crippen molar-refractivity contribution >= 4 is 38.2 Å². The normalized spacial score (nSPS) is 15.8. The molecule has 2 aliphatic rings. The number of fused-ring (bicyclic) bond motifs is 1. The van der Waals surface area contributed by atoms with Crippen molar-refractivity contribution in [2.45, 2.75) is 31.2 Å². The first-order chi connectivity index (χ1) is 14.8. The number of aliphatic imine (C=N–C) groups is 2. The van der Waals surface area contributed by atoms with Gasteiger partial charge in [0.25, 0.3) is 0 Å². The summed E-state index contributed by atoms with van der Waals surface area (Å²) in [6.45, 7) is 4.64. The molecule has 0 unspecified atom stereocenters. The number of nitrogens with one attached hydrogen (secondary N) is 1. The van der Waals surface area contributed by atoms with E-state index in [0.29, 0.717) is 24.2 Å². The molecule has 3 amide bonds. The van der Waals surface area contributed by atoms with Crippen LogP contribution in [0.5, 0.6) is 0 Å². The Balaban J connectivity index is 1.64. The molecule has 0 bridgehead atoms. The summed E-state index contributed by atoms with van der Waals surface area (Å²) in [4.78, 5) is 33.5. The zero-order valence-electron chi connectivity index (χ0n) is 17.2. The topological polar surface area (TPSA) is 108 Å². The number of carbonyl (C=O) groups is 2. The second kappa shape index (κ2) is 8.16. The molecule has 2 aromatic rings. The van der Waals surface area contributed by atoms with E-state index in [0.717, 1.165) is 5.56 Å². The molecule has 0 saturated heterocycles. The summed E-state index contributed by atoms with van der Waals surface area (Å²) >= 11 is 0. The summed E-state index contributed by atoms with van der Waals surface area (Å²) in [7, 11) is -4.07. The van der Waals surface area contributed by atoms with E-state index in [4.69, 9.17) is 0 Å². The standard InChI is InChI=1S/C22H22N4O4S/c1-14(2)23-13-19(27)26-11-10-16-12-17(8-9-18(16)26)31(29,30)21-20(24-22(28)25-21)15-6-4-3-5-7-15/h3-9,12,14,23H,10-11,13H2,1-2H3. The monoisotopic (exact) mass is 438 g/mol. The molecule has 0 aliphatic carbocycles. The third kappa shape index (κ3) is 4.06. The molecule has 2 aliphatic heterocycles. The Labute approximate surface area is 180 Å². The fourth-order valence-corrected chi connectivity index (χ4v) is 4.97. The van der Waals surface area contributed by atoms with Crippen molar-refractivity contribution < 1.29 is 18.0 Å². The van der Waals surface area contributed by atoms with Crippen LogP contribution in [-0.2, 0) is 21.1 Å². The van der Waals surface area contributed by atoms with Crippen molar-refractivity contribution in [1.29, 1.82) is 0 Å². The molecule has 0 atom stereocenters. The summed E-state index contributed by atoms with van der Waals surface area (Å²) in [5.74, 6) is -0.0627. The summed E-state index contributed by atoms with van der Waals surface area (Å²) in [6, 6.07) is 12.6. The van der Waals surface area contributed by atoms with Gasteiger partial charge in [0.15, 0.2) is 5.04 Å². The lowest BCUT2D eigenvalue weighted by Gasteiger charge is -2.19. The zero-order valence-corrected chi connectivity index (χ0v) is 18.0. The molecule has 1 N–H and O–H groups in total. The van der Waals surface area contributed by atoms with Gasteiger partial charge in [0.05, 0.1) is 11.4 Å². The number of amides is 3. The number of sulfone groups is 1. The Morgan fingerprint density at radius 3 is 2.58 bits per heavy atom. The van der Waals surface area contributed by atoms with Crippen LogP contribution in [0.4, 0.5) is 10.5 Å². The fraction of sp³-hybridized carbons (Fsp3) is 0.273. The number of benzene rings is 2. The van der Waals surface area contributed by atoms with Crippen LogP contribution in [0.2, 0.25) is 0 Å². The first-order valence-corrected chi connectivity index (χ1v) is 11.4. The van der Waals surface area contributed by atoms with Crippen LogP contribution in [0, 0.1) is 0 Å². The van der Waals surface area contributed by atoms with E-state index in [1.807, 2.05) is 13.8 Å². The van der Waals surface area contributed by atoms with Gasteiger partial charge < -0.3 is 10.2 Å². The molecular weight excluding hydrogens is 416 g/mol. The van der Waals surface area contributed by atoms with Gasteiger partial charge in [0, 0.05) is 23.8 Å². The Morgan fingerprint density at radius 1 is 1.13 bits per heavy atom. The molecular formula is C22H22N4O4S. The number of hydrogen-bond acceptors (Lipinski definition) is 5. The molecule has 31 heavy (non-hydrogen) atoms. The van der Waals surface area contributed by atoms with Crippen molar-refractivity contribution in [2.24, 2.45) is 9.98 Å². The molecule has 0 spiro atoms. The highest BCUT2D eigenvalue weighted by Gasteiger charge is 2.34. The van der Waals surface area contributed by atoms with Gasteiger partial charge >= 0.3 is 6.03 Å². The van der Waals surface area contributed by atoms with E-state index in [9.17, 15) is 18.0 Å². The third-order valence-corrected chi connectivity index (χ3v) is 6.80. The lowest BCUT2D eigenvalue weighted by molar-refractivity contribution is -0.117. The molecule has 0 fully saturated rings. The van der Waals surface area contributed by atoms with E-state index in [2.05, 4.69) is 15.3 Å². The van der Waals surface area contributed by atoms with E-state index < -0.39 is 15.9 Å². The molecule has 0 aromatic heterocycles. The Morgan fingerprint density at radius 2 is 1.87 bits per heavy atom. The highest BCUT2D eigenvalue weighted by Crippen LogP contribution is 2.31. The zero-order chi connectivity index (χ0) is 22.2. The summed E-state index contributed by atoms with van der Waals surface area (Å²) in [5.41, 5.74) is 2.02. The summed E-state index contributed by atoms with van der Waals surface area (Å²) in [5, 5.41) is 2.75. The number of anilines is 1. The molecule has 9 heteroatoms. The average molecular weight is 439 g/mol. The third-order valence-electron chi connectivity index (χ3n) is 5.13. The molecule has 0 saturated carbocycles. The number of nitrogens with zero attached hydrogens (tertiary/aromatic N) is 3. The van der Waals surface area contributed by atoms with Gasteiger partial charge in [-0.25, -0.2) is 13.2 Å². The van der Waals surface area contributed by atoms with E-state index in [-0.39, 0.29) is 34.1 Å². The minimum Gasteiger partial charge on any atom is -0.311 e. The number of carbonyl (C=O) groups excluding carboxylic acids is 2. The highest BCUT2D eigenvalue weighted by molar-refractivity contribution is 8.08. The van der Waals surface area contributed by atoms with Gasteiger partial charge in [-0.2, -0.15) is 9.98 Å². The predicted molar refractivity (Wildman–Crippen MR) is 119 cm³/mol. The maximum Gasteiger partial charge on any atom is 0.369 e. The van der Waals surface area contributed by atoms with Gasteiger partial charge in [-0.1, -0.05) is 44.2 Å². The lowest BCUT2D eigenvalue weighted by atomic mass is 10.1. The van der Waals surface area contributed by atoms with Gasteiger partial charge in [0.1, 0.15) is 5.71 Å². The van der Waals surface area contributed by atoms with Crippen molar-refractivity contribution in [3.8, 4) is 0 Å². The van der Waals surface area contributed by atoms with E-state index >= 15 is 0 Å². The largest absolute Gasteiger partial charge is 0.369 e. The van der Waals surface area contributed by atoms with Crippen LogP contribution in [0.15, 0.2) is 63.4 Å². The first-order valence-electron chi connectivity index (χ1n) is 9.96. The number of rotatable bonds is 5. The molecule has 4 rings (SSSR count). The molecule has 8 nitrogen and oxygen atoms in total. The van der Waals surface area contributed by atoms with Crippen molar-refractivity contribution in [3.63, 3.8) is 0 Å². The van der Waals surface area contributed by atoms with Gasteiger partial charge in [-0.15, -0.1) is 0 Å². The van der Waals surface area contributed by atoms with Gasteiger partial charge in [0.2, 0.25) is 15.7 Å². The van der Waals surface area contributed by atoms with Crippen molar-refractivity contribution in [1.82, 2.24) is 5.32 Å².